The van der Waals surface area contributed by atoms with Crippen molar-refractivity contribution in [2.45, 2.75) is 37.5 Å². The van der Waals surface area contributed by atoms with Crippen LogP contribution in [-0.4, -0.2) is 26.3 Å². The number of hydrogen-bond donors (Lipinski definition) is 1. The van der Waals surface area contributed by atoms with Crippen LogP contribution in [0.1, 0.15) is 43.7 Å². The molecule has 0 spiro atoms. The highest BCUT2D eigenvalue weighted by atomic mass is 32.2. The first kappa shape index (κ1) is 19.9. The van der Waals surface area contributed by atoms with Crippen molar-refractivity contribution < 1.29 is 14.3 Å². The zero-order valence-electron chi connectivity index (χ0n) is 17.6. The van der Waals surface area contributed by atoms with Crippen molar-refractivity contribution in [1.29, 1.82) is 0 Å². The molecule has 0 unspecified atom stereocenters. The Morgan fingerprint density at radius 2 is 1.69 bits per heavy atom. The molecule has 29 heavy (non-hydrogen) atoms. The lowest BCUT2D eigenvalue weighted by Gasteiger charge is -2.39. The van der Waals surface area contributed by atoms with E-state index in [0.29, 0.717) is 17.9 Å². The van der Waals surface area contributed by atoms with E-state index < -0.39 is 0 Å². The fraction of sp³-hybridized carbons (Fsp3) is 0.375. The zero-order chi connectivity index (χ0) is 20.8. The van der Waals surface area contributed by atoms with E-state index in [1.54, 1.807) is 26.0 Å². The van der Waals surface area contributed by atoms with E-state index in [0.717, 1.165) is 34.5 Å². The summed E-state index contributed by atoms with van der Waals surface area (Å²) < 4.78 is 11.1. The minimum Gasteiger partial charge on any atom is -0.493 e. The van der Waals surface area contributed by atoms with Crippen LogP contribution in [0.2, 0.25) is 0 Å². The number of anilines is 1. The van der Waals surface area contributed by atoms with E-state index >= 15 is 0 Å². The fourth-order valence-electron chi connectivity index (χ4n) is 4.48. The highest BCUT2D eigenvalue weighted by Gasteiger charge is 2.41. The highest BCUT2D eigenvalue weighted by molar-refractivity contribution is 7.98. The minimum absolute atomic E-state index is 0.0514. The number of allylic oxidation sites excluding steroid dienone is 2. The SMILES string of the molecule is COc1cc2c(cc1OC)[C@H](c1ccc(SC)cc1)C1=C(CC(C)(C)CC1=O)N2. The molecular formula is C24H27NO3S. The molecule has 0 saturated heterocycles. The molecule has 0 radical (unpaired) electrons. The molecule has 0 aromatic heterocycles. The van der Waals surface area contributed by atoms with Crippen LogP contribution in [0.15, 0.2) is 52.6 Å². The maximum absolute atomic E-state index is 13.3. The summed E-state index contributed by atoms with van der Waals surface area (Å²) in [5.74, 6) is 1.47. The smallest absolute Gasteiger partial charge is 0.162 e. The summed E-state index contributed by atoms with van der Waals surface area (Å²) in [4.78, 5) is 14.5. The predicted molar refractivity (Wildman–Crippen MR) is 118 cm³/mol. The molecule has 2 aromatic rings. The molecule has 0 amide bonds. The van der Waals surface area contributed by atoms with E-state index in [4.69, 9.17) is 9.47 Å². The minimum atomic E-state index is -0.111. The van der Waals surface area contributed by atoms with Crippen LogP contribution in [0.4, 0.5) is 5.69 Å². The summed E-state index contributed by atoms with van der Waals surface area (Å²) in [5, 5.41) is 3.55. The lowest BCUT2D eigenvalue weighted by molar-refractivity contribution is -0.118. The van der Waals surface area contributed by atoms with Crippen LogP contribution in [0, 0.1) is 5.41 Å². The van der Waals surface area contributed by atoms with Gasteiger partial charge in [-0.15, -0.1) is 11.8 Å². The number of nitrogens with one attached hydrogen (secondary N) is 1. The second-order valence-corrected chi connectivity index (χ2v) is 9.34. The molecule has 1 aliphatic heterocycles. The Hall–Kier alpha value is -2.40. The molecule has 2 aromatic carbocycles. The van der Waals surface area contributed by atoms with Gasteiger partial charge in [0.05, 0.1) is 14.2 Å². The van der Waals surface area contributed by atoms with Gasteiger partial charge in [0.1, 0.15) is 0 Å². The number of carbonyl (C=O) groups excluding carboxylic acids is 1. The Morgan fingerprint density at radius 3 is 2.31 bits per heavy atom. The predicted octanol–water partition coefficient (Wildman–Crippen LogP) is 5.63. The van der Waals surface area contributed by atoms with Crippen molar-refractivity contribution in [3.8, 4) is 11.5 Å². The summed E-state index contributed by atoms with van der Waals surface area (Å²) in [6.07, 6.45) is 3.48. The number of fused-ring (bicyclic) bond motifs is 1. The third kappa shape index (κ3) is 3.52. The van der Waals surface area contributed by atoms with E-state index in [1.165, 1.54) is 4.90 Å². The van der Waals surface area contributed by atoms with Crippen LogP contribution in [0.3, 0.4) is 0 Å². The molecule has 0 bridgehead atoms. The maximum atomic E-state index is 13.3. The van der Waals surface area contributed by atoms with Crippen molar-refractivity contribution in [3.05, 3.63) is 58.8 Å². The van der Waals surface area contributed by atoms with Gasteiger partial charge in [-0.2, -0.15) is 0 Å². The molecular weight excluding hydrogens is 382 g/mol. The topological polar surface area (TPSA) is 47.6 Å². The van der Waals surface area contributed by atoms with E-state index in [-0.39, 0.29) is 17.1 Å². The third-order valence-electron chi connectivity index (χ3n) is 5.81. The number of methoxy groups -OCH3 is 2. The lowest BCUT2D eigenvalue weighted by Crippen LogP contribution is -2.33. The fourth-order valence-corrected chi connectivity index (χ4v) is 4.89. The Bertz CT molecular complexity index is 992. The maximum Gasteiger partial charge on any atom is 0.162 e. The first-order chi connectivity index (χ1) is 13.9. The second kappa shape index (κ2) is 7.45. The van der Waals surface area contributed by atoms with Crippen LogP contribution < -0.4 is 14.8 Å². The number of hydrogen-bond acceptors (Lipinski definition) is 5. The number of benzene rings is 2. The second-order valence-electron chi connectivity index (χ2n) is 8.46. The third-order valence-corrected chi connectivity index (χ3v) is 6.55. The molecule has 0 fully saturated rings. The molecule has 5 heteroatoms. The summed E-state index contributed by atoms with van der Waals surface area (Å²) in [6.45, 7) is 4.31. The average molecular weight is 410 g/mol. The number of Topliss-reactive ketones (excluding diaryl/α,β-unsaturated/α-hetero) is 1. The monoisotopic (exact) mass is 409 g/mol. The first-order valence-corrected chi connectivity index (χ1v) is 11.0. The van der Waals surface area contributed by atoms with Crippen LogP contribution >= 0.6 is 11.8 Å². The van der Waals surface area contributed by atoms with Crippen LogP contribution in [0.25, 0.3) is 0 Å². The highest BCUT2D eigenvalue weighted by Crippen LogP contribution is 2.51. The van der Waals surface area contributed by atoms with Crippen molar-refractivity contribution >= 4 is 23.2 Å². The summed E-state index contributed by atoms with van der Waals surface area (Å²) in [5.41, 5.74) is 5.02. The largest absolute Gasteiger partial charge is 0.493 e. The van der Waals surface area contributed by atoms with Gasteiger partial charge in [0.15, 0.2) is 17.3 Å². The molecule has 1 aliphatic carbocycles. The number of ether oxygens (including phenoxy) is 2. The molecule has 0 saturated carbocycles. The number of carbonyl (C=O) groups is 1. The van der Waals surface area contributed by atoms with Gasteiger partial charge < -0.3 is 14.8 Å². The quantitative estimate of drug-likeness (QED) is 0.664. The Kier molecular flexibility index (Phi) is 5.11. The van der Waals surface area contributed by atoms with Gasteiger partial charge in [-0.05, 0) is 47.4 Å². The molecule has 4 nitrogen and oxygen atoms in total. The van der Waals surface area contributed by atoms with Crippen LogP contribution in [-0.2, 0) is 4.79 Å². The zero-order valence-corrected chi connectivity index (χ0v) is 18.4. The first-order valence-electron chi connectivity index (χ1n) is 9.80. The lowest BCUT2D eigenvalue weighted by atomic mass is 9.68. The molecule has 1 N–H and O–H groups in total. The van der Waals surface area contributed by atoms with Crippen molar-refractivity contribution in [3.63, 3.8) is 0 Å². The summed E-state index contributed by atoms with van der Waals surface area (Å²) in [6, 6.07) is 12.5. The average Bonchev–Trinajstić information content (AvgIpc) is 2.70. The Balaban J connectivity index is 1.93. The molecule has 1 atom stereocenters. The molecule has 1 heterocycles. The van der Waals surface area contributed by atoms with Crippen molar-refractivity contribution in [2.24, 2.45) is 5.41 Å². The number of ketones is 1. The van der Waals surface area contributed by atoms with Gasteiger partial charge in [-0.25, -0.2) is 0 Å². The Labute approximate surface area is 176 Å². The van der Waals surface area contributed by atoms with Gasteiger partial charge >= 0.3 is 0 Å². The number of thioether (sulfide) groups is 1. The van der Waals surface area contributed by atoms with E-state index in [1.807, 2.05) is 12.1 Å². The molecule has 152 valence electrons. The van der Waals surface area contributed by atoms with Gasteiger partial charge in [0, 0.05) is 40.3 Å². The van der Waals surface area contributed by atoms with Gasteiger partial charge in [0.25, 0.3) is 0 Å². The normalized spacial score (nSPS) is 19.9. The van der Waals surface area contributed by atoms with E-state index in [9.17, 15) is 4.79 Å². The Morgan fingerprint density at radius 1 is 1.03 bits per heavy atom. The standard InChI is InChI=1S/C24H27NO3S/c1-24(2)12-18-23(19(26)13-24)22(14-6-8-15(29-5)9-7-14)16-10-20(27-3)21(28-4)11-17(16)25-18/h6-11,22,25H,12-13H2,1-5H3/t22-/m0/s1. The van der Waals surface area contributed by atoms with Gasteiger partial charge in [0.2, 0.25) is 0 Å². The van der Waals surface area contributed by atoms with Crippen LogP contribution in [0.5, 0.6) is 11.5 Å². The summed E-state index contributed by atoms with van der Waals surface area (Å²) in [7, 11) is 3.28. The van der Waals surface area contributed by atoms with E-state index in [2.05, 4.69) is 49.7 Å². The number of rotatable bonds is 4. The van der Waals surface area contributed by atoms with Gasteiger partial charge in [-0.3, -0.25) is 4.79 Å². The van der Waals surface area contributed by atoms with Gasteiger partial charge in [-0.1, -0.05) is 26.0 Å². The molecule has 2 aliphatic rings. The molecule has 4 rings (SSSR count). The van der Waals surface area contributed by atoms with Crippen molar-refractivity contribution in [2.75, 3.05) is 25.8 Å². The summed E-state index contributed by atoms with van der Waals surface area (Å²) >= 11 is 1.72. The van der Waals surface area contributed by atoms with Crippen molar-refractivity contribution in [1.82, 2.24) is 0 Å².